The first-order chi connectivity index (χ1) is 18.7. The normalized spacial score (nSPS) is 17.5. The van der Waals surface area contributed by atoms with Gasteiger partial charge in [-0.25, -0.2) is 9.79 Å². The molecule has 0 N–H and O–H groups in total. The molecule has 39 heavy (non-hydrogen) atoms. The lowest BCUT2D eigenvalue weighted by atomic mass is 9.95. The van der Waals surface area contributed by atoms with Crippen molar-refractivity contribution in [3.8, 4) is 11.5 Å². The number of allylic oxidation sites excluding steroid dienone is 1. The average molecular weight is 613 g/mol. The first kappa shape index (κ1) is 26.9. The standard InChI is InChI=1S/C28H26BrN3O6S/c1-6-31-19-11-8-15(29)12-18(19)22(25(31)33)24-26(34)32-23(17-10-9-16(36-4)13-20(17)37-5)21(27(35)38-7-2)14(3)30-28(32)39-24/h8-13,23H,6-7H2,1-5H3/b24-22+/t23-/m1/s1. The highest BCUT2D eigenvalue weighted by molar-refractivity contribution is 9.10. The number of anilines is 1. The summed E-state index contributed by atoms with van der Waals surface area (Å²) >= 11 is 4.62. The minimum Gasteiger partial charge on any atom is -0.497 e. The van der Waals surface area contributed by atoms with Crippen molar-refractivity contribution < 1.29 is 23.8 Å². The first-order valence-electron chi connectivity index (χ1n) is 12.3. The number of thiazole rings is 1. The Balaban J connectivity index is 1.86. The van der Waals surface area contributed by atoms with E-state index in [1.165, 1.54) is 11.7 Å². The highest BCUT2D eigenvalue weighted by Gasteiger charge is 2.38. The van der Waals surface area contributed by atoms with E-state index in [0.717, 1.165) is 21.5 Å². The summed E-state index contributed by atoms with van der Waals surface area (Å²) < 4.78 is 18.9. The van der Waals surface area contributed by atoms with Crippen LogP contribution in [0.5, 0.6) is 11.5 Å². The number of nitrogens with zero attached hydrogens (tertiary/aromatic N) is 3. The third kappa shape index (κ3) is 4.29. The van der Waals surface area contributed by atoms with E-state index >= 15 is 0 Å². The second kappa shape index (κ2) is 10.5. The molecule has 1 amide bonds. The van der Waals surface area contributed by atoms with E-state index in [1.807, 2.05) is 25.1 Å². The highest BCUT2D eigenvalue weighted by atomic mass is 79.9. The second-order valence-electron chi connectivity index (χ2n) is 8.82. The zero-order valence-electron chi connectivity index (χ0n) is 22.0. The summed E-state index contributed by atoms with van der Waals surface area (Å²) in [6.45, 7) is 5.92. The number of likely N-dealkylation sites (N-methyl/N-ethyl adjacent to an activating group) is 1. The van der Waals surface area contributed by atoms with Gasteiger partial charge in [-0.15, -0.1) is 0 Å². The molecular weight excluding hydrogens is 586 g/mol. The van der Waals surface area contributed by atoms with E-state index in [1.54, 1.807) is 44.1 Å². The molecule has 11 heteroatoms. The van der Waals surface area contributed by atoms with Crippen LogP contribution in [0.1, 0.15) is 37.9 Å². The molecule has 0 bridgehead atoms. The van der Waals surface area contributed by atoms with Crippen LogP contribution >= 0.6 is 27.3 Å². The minimum atomic E-state index is -0.892. The van der Waals surface area contributed by atoms with Gasteiger partial charge < -0.3 is 19.1 Å². The maximum absolute atomic E-state index is 14.2. The van der Waals surface area contributed by atoms with Gasteiger partial charge in [0.05, 0.1) is 43.4 Å². The van der Waals surface area contributed by atoms with Crippen molar-refractivity contribution in [2.24, 2.45) is 4.99 Å². The Labute approximate surface area is 236 Å². The fourth-order valence-electron chi connectivity index (χ4n) is 5.02. The van der Waals surface area contributed by atoms with Gasteiger partial charge in [0.2, 0.25) is 0 Å². The number of esters is 1. The average Bonchev–Trinajstić information content (AvgIpc) is 3.38. The molecule has 9 nitrogen and oxygen atoms in total. The number of hydrogen-bond donors (Lipinski definition) is 0. The van der Waals surface area contributed by atoms with Gasteiger partial charge in [-0.3, -0.25) is 14.2 Å². The smallest absolute Gasteiger partial charge is 0.338 e. The summed E-state index contributed by atoms with van der Waals surface area (Å²) in [5.41, 5.74) is 2.50. The molecule has 2 aliphatic rings. The van der Waals surface area contributed by atoms with Gasteiger partial charge >= 0.3 is 5.97 Å². The van der Waals surface area contributed by atoms with Crippen molar-refractivity contribution in [3.05, 3.63) is 83.0 Å². The highest BCUT2D eigenvalue weighted by Crippen LogP contribution is 2.39. The van der Waals surface area contributed by atoms with Gasteiger partial charge in [-0.2, -0.15) is 0 Å². The van der Waals surface area contributed by atoms with E-state index in [2.05, 4.69) is 20.9 Å². The summed E-state index contributed by atoms with van der Waals surface area (Å²) in [6, 6.07) is 9.86. The molecule has 3 aromatic rings. The molecule has 0 saturated heterocycles. The van der Waals surface area contributed by atoms with Gasteiger partial charge in [0.1, 0.15) is 22.1 Å². The number of rotatable bonds is 6. The molecule has 0 fully saturated rings. The van der Waals surface area contributed by atoms with Crippen molar-refractivity contribution in [3.63, 3.8) is 0 Å². The maximum atomic E-state index is 14.2. The lowest BCUT2D eigenvalue weighted by molar-refractivity contribution is -0.139. The Morgan fingerprint density at radius 3 is 2.54 bits per heavy atom. The summed E-state index contributed by atoms with van der Waals surface area (Å²) in [7, 11) is 3.05. The summed E-state index contributed by atoms with van der Waals surface area (Å²) in [4.78, 5) is 47.7. The number of methoxy groups -OCH3 is 2. The fraction of sp³-hybridized carbons (Fsp3) is 0.286. The number of aromatic nitrogens is 1. The van der Waals surface area contributed by atoms with Crippen LogP contribution < -0.4 is 29.3 Å². The molecule has 0 unspecified atom stereocenters. The second-order valence-corrected chi connectivity index (χ2v) is 10.7. The van der Waals surface area contributed by atoms with Crippen molar-refractivity contribution in [2.45, 2.75) is 26.8 Å². The van der Waals surface area contributed by atoms with Crippen molar-refractivity contribution in [2.75, 3.05) is 32.3 Å². The van der Waals surface area contributed by atoms with Crippen molar-refractivity contribution >= 4 is 50.4 Å². The maximum Gasteiger partial charge on any atom is 0.338 e. The number of carbonyl (C=O) groups is 2. The van der Waals surface area contributed by atoms with Crippen LogP contribution in [-0.2, 0) is 14.3 Å². The number of halogens is 1. The van der Waals surface area contributed by atoms with Gasteiger partial charge in [0, 0.05) is 28.2 Å². The monoisotopic (exact) mass is 611 g/mol. The molecule has 0 saturated carbocycles. The molecule has 2 aliphatic heterocycles. The summed E-state index contributed by atoms with van der Waals surface area (Å²) in [5.74, 6) is 0.151. The third-order valence-electron chi connectivity index (χ3n) is 6.75. The van der Waals surface area contributed by atoms with Crippen LogP contribution in [0.2, 0.25) is 0 Å². The molecule has 3 heterocycles. The third-order valence-corrected chi connectivity index (χ3v) is 8.30. The molecule has 0 aliphatic carbocycles. The quantitative estimate of drug-likeness (QED) is 0.397. The van der Waals surface area contributed by atoms with Crippen LogP contribution in [0, 0.1) is 0 Å². The molecule has 5 rings (SSSR count). The number of hydrogen-bond acceptors (Lipinski definition) is 8. The Kier molecular flexibility index (Phi) is 7.21. The number of carbonyl (C=O) groups excluding carboxylic acids is 2. The van der Waals surface area contributed by atoms with E-state index in [4.69, 9.17) is 14.2 Å². The van der Waals surface area contributed by atoms with Crippen LogP contribution in [-0.4, -0.2) is 43.8 Å². The molecule has 1 aromatic heterocycles. The molecule has 1 atom stereocenters. The lowest BCUT2D eigenvalue weighted by Crippen LogP contribution is -2.41. The van der Waals surface area contributed by atoms with E-state index in [9.17, 15) is 14.4 Å². The molecule has 2 aromatic carbocycles. The Morgan fingerprint density at radius 1 is 1.10 bits per heavy atom. The predicted molar refractivity (Wildman–Crippen MR) is 151 cm³/mol. The summed E-state index contributed by atoms with van der Waals surface area (Å²) in [5, 5.41) is 0. The predicted octanol–water partition coefficient (Wildman–Crippen LogP) is 3.31. The largest absolute Gasteiger partial charge is 0.497 e. The van der Waals surface area contributed by atoms with Gasteiger partial charge in [0.25, 0.3) is 11.5 Å². The first-order valence-corrected chi connectivity index (χ1v) is 13.9. The number of ether oxygens (including phenoxy) is 3. The van der Waals surface area contributed by atoms with Crippen LogP contribution in [0.4, 0.5) is 5.69 Å². The Morgan fingerprint density at radius 2 is 1.87 bits per heavy atom. The van der Waals surface area contributed by atoms with E-state index < -0.39 is 17.6 Å². The van der Waals surface area contributed by atoms with Crippen LogP contribution in [0.25, 0.3) is 5.57 Å². The molecule has 0 radical (unpaired) electrons. The Bertz CT molecular complexity index is 1740. The zero-order chi connectivity index (χ0) is 28.0. The Hall–Kier alpha value is -3.70. The van der Waals surface area contributed by atoms with Crippen molar-refractivity contribution in [1.82, 2.24) is 4.57 Å². The van der Waals surface area contributed by atoms with Crippen molar-refractivity contribution in [1.29, 1.82) is 0 Å². The van der Waals surface area contributed by atoms with Crippen LogP contribution in [0.15, 0.2) is 61.9 Å². The van der Waals surface area contributed by atoms with Gasteiger partial charge in [0.15, 0.2) is 4.80 Å². The van der Waals surface area contributed by atoms with E-state index in [0.29, 0.717) is 45.2 Å². The zero-order valence-corrected chi connectivity index (χ0v) is 24.4. The van der Waals surface area contributed by atoms with Gasteiger partial charge in [-0.05, 0) is 51.1 Å². The lowest BCUT2D eigenvalue weighted by Gasteiger charge is -2.26. The minimum absolute atomic E-state index is 0.156. The topological polar surface area (TPSA) is 99.4 Å². The number of fused-ring (bicyclic) bond motifs is 2. The SMILES string of the molecule is CCOC(=O)C1=C(C)N=c2s/c(=C3/C(=O)N(CC)c4ccc(Br)cc43)c(=O)n2[C@@H]1c1ccc(OC)cc1OC. The fourth-order valence-corrected chi connectivity index (χ4v) is 6.52. The van der Waals surface area contributed by atoms with Gasteiger partial charge in [-0.1, -0.05) is 27.3 Å². The summed E-state index contributed by atoms with van der Waals surface area (Å²) in [6.07, 6.45) is 0. The van der Waals surface area contributed by atoms with E-state index in [-0.39, 0.29) is 22.6 Å². The molecule has 0 spiro atoms. The number of benzene rings is 2. The molecular formula is C28H26BrN3O6S. The number of amides is 1. The van der Waals surface area contributed by atoms with Crippen LogP contribution in [0.3, 0.4) is 0 Å². The molecule has 202 valence electrons.